The number of carbonyl (C=O) groups excluding carboxylic acids is 1. The average molecular weight is 412 g/mol. The van der Waals surface area contributed by atoms with Gasteiger partial charge in [0.25, 0.3) is 0 Å². The Morgan fingerprint density at radius 3 is 2.89 bits per heavy atom. The van der Waals surface area contributed by atoms with E-state index in [-0.39, 0.29) is 25.2 Å². The lowest BCUT2D eigenvalue weighted by molar-refractivity contribution is -0.184. The lowest BCUT2D eigenvalue weighted by Gasteiger charge is -2.31. The fraction of sp³-hybridized carbons (Fsp3) is 0.526. The molecule has 1 aliphatic carbocycles. The third kappa shape index (κ3) is 5.01. The van der Waals surface area contributed by atoms with Crippen molar-refractivity contribution in [3.8, 4) is 11.4 Å². The molecule has 1 amide bonds. The van der Waals surface area contributed by atoms with Crippen LogP contribution in [0.4, 0.5) is 13.2 Å². The van der Waals surface area contributed by atoms with Crippen LogP contribution in [0, 0.1) is 17.6 Å². The number of carbonyl (C=O) groups is 1. The summed E-state index contributed by atoms with van der Waals surface area (Å²) < 4.78 is 40.9. The molecule has 1 heterocycles. The van der Waals surface area contributed by atoms with E-state index >= 15 is 0 Å². The zero-order valence-electron chi connectivity index (χ0n) is 15.6. The summed E-state index contributed by atoms with van der Waals surface area (Å²) in [6.07, 6.45) is -2.93. The molecular formula is C19H23F3N4OS. The lowest BCUT2D eigenvalue weighted by Crippen LogP contribution is -2.41. The van der Waals surface area contributed by atoms with Crippen molar-refractivity contribution in [1.29, 1.82) is 0 Å². The van der Waals surface area contributed by atoms with Crippen molar-refractivity contribution in [2.45, 2.75) is 57.8 Å². The van der Waals surface area contributed by atoms with Gasteiger partial charge in [0, 0.05) is 24.6 Å². The number of rotatable bonds is 5. The first-order valence-electron chi connectivity index (χ1n) is 9.32. The second-order valence-corrected chi connectivity index (χ2v) is 7.68. The zero-order chi connectivity index (χ0) is 20.3. The molecule has 0 saturated heterocycles. The Morgan fingerprint density at radius 1 is 1.39 bits per heavy atom. The van der Waals surface area contributed by atoms with E-state index in [9.17, 15) is 18.0 Å². The van der Waals surface area contributed by atoms with Gasteiger partial charge < -0.3 is 5.32 Å². The van der Waals surface area contributed by atoms with Gasteiger partial charge in [-0.1, -0.05) is 30.2 Å². The van der Waals surface area contributed by atoms with Crippen LogP contribution in [-0.2, 0) is 11.3 Å². The summed E-state index contributed by atoms with van der Waals surface area (Å²) in [6.45, 7) is 2.28. The lowest BCUT2D eigenvalue weighted by atomic mass is 9.85. The largest absolute Gasteiger partial charge is 0.391 e. The van der Waals surface area contributed by atoms with Crippen LogP contribution >= 0.6 is 12.2 Å². The molecule has 1 aromatic heterocycles. The Morgan fingerprint density at radius 2 is 2.18 bits per heavy atom. The molecule has 1 saturated carbocycles. The van der Waals surface area contributed by atoms with Crippen molar-refractivity contribution in [2.75, 3.05) is 0 Å². The molecule has 0 aliphatic heterocycles. The summed E-state index contributed by atoms with van der Waals surface area (Å²) >= 11 is 5.26. The number of alkyl halides is 3. The third-order valence-corrected chi connectivity index (χ3v) is 5.41. The van der Waals surface area contributed by atoms with Gasteiger partial charge in [0.15, 0.2) is 10.6 Å². The molecular weight excluding hydrogens is 389 g/mol. The predicted octanol–water partition coefficient (Wildman–Crippen LogP) is 4.54. The molecule has 28 heavy (non-hydrogen) atoms. The highest BCUT2D eigenvalue weighted by atomic mass is 32.1. The molecule has 0 radical (unpaired) electrons. The highest BCUT2D eigenvalue weighted by molar-refractivity contribution is 7.71. The molecule has 0 unspecified atom stereocenters. The predicted molar refractivity (Wildman–Crippen MR) is 102 cm³/mol. The number of aromatic amines is 1. The Hall–Kier alpha value is -2.16. The van der Waals surface area contributed by atoms with Crippen LogP contribution < -0.4 is 5.32 Å². The smallest absolute Gasteiger partial charge is 0.353 e. The maximum atomic E-state index is 12.9. The highest BCUT2D eigenvalue weighted by Crippen LogP contribution is 2.37. The minimum Gasteiger partial charge on any atom is -0.353 e. The fourth-order valence-corrected chi connectivity index (χ4v) is 3.88. The third-order valence-electron chi connectivity index (χ3n) is 5.10. The van der Waals surface area contributed by atoms with Gasteiger partial charge >= 0.3 is 6.18 Å². The van der Waals surface area contributed by atoms with Gasteiger partial charge in [-0.2, -0.15) is 18.3 Å². The van der Waals surface area contributed by atoms with E-state index in [1.54, 1.807) is 4.57 Å². The summed E-state index contributed by atoms with van der Waals surface area (Å²) in [5, 5.41) is 9.74. The van der Waals surface area contributed by atoms with E-state index in [2.05, 4.69) is 15.5 Å². The Kier molecular flexibility index (Phi) is 6.22. The molecule has 3 rings (SSSR count). The van der Waals surface area contributed by atoms with Crippen LogP contribution in [-0.4, -0.2) is 32.9 Å². The van der Waals surface area contributed by atoms with Crippen LogP contribution in [0.5, 0.6) is 0 Å². The summed E-state index contributed by atoms with van der Waals surface area (Å²) in [6, 6.07) is 7.34. The van der Waals surface area contributed by atoms with E-state index in [4.69, 9.17) is 12.2 Å². The Labute approximate surface area is 166 Å². The quantitative estimate of drug-likeness (QED) is 0.709. The number of amides is 1. The minimum atomic E-state index is -4.20. The maximum absolute atomic E-state index is 12.9. The van der Waals surface area contributed by atoms with Gasteiger partial charge in [-0.3, -0.25) is 14.5 Å². The standard InChI is InChI=1S/C19H23F3N4OS/c1-12-4-2-5-13(10-12)17-24-25-18(28)26(17)9-8-16(27)23-15-7-3-6-14(11-15)19(20,21)22/h2,4-5,10,14-15H,3,6-9,11H2,1H3,(H,23,27)(H,25,28)/t14-,15+/m0/s1. The molecule has 0 spiro atoms. The van der Waals surface area contributed by atoms with Crippen molar-refractivity contribution in [1.82, 2.24) is 20.1 Å². The van der Waals surface area contributed by atoms with Gasteiger partial charge in [0.05, 0.1) is 5.92 Å². The van der Waals surface area contributed by atoms with E-state index in [0.29, 0.717) is 30.0 Å². The molecule has 2 N–H and O–H groups in total. The molecule has 2 aromatic rings. The normalized spacial score (nSPS) is 20.1. The molecule has 0 bridgehead atoms. The summed E-state index contributed by atoms with van der Waals surface area (Å²) in [5.41, 5.74) is 1.96. The number of nitrogens with zero attached hydrogens (tertiary/aromatic N) is 2. The number of halogens is 3. The van der Waals surface area contributed by atoms with E-state index in [1.165, 1.54) is 0 Å². The molecule has 2 atom stereocenters. The summed E-state index contributed by atoms with van der Waals surface area (Å²) in [4.78, 5) is 12.3. The first-order valence-corrected chi connectivity index (χ1v) is 9.73. The summed E-state index contributed by atoms with van der Waals surface area (Å²) in [7, 11) is 0. The van der Waals surface area contributed by atoms with Gasteiger partial charge in [-0.05, 0) is 44.5 Å². The SMILES string of the molecule is Cc1cccc(-c2n[nH]c(=S)n2CCC(=O)N[C@@H]2CCC[C@H](C(F)(F)F)C2)c1. The number of hydrogen-bond acceptors (Lipinski definition) is 3. The number of nitrogens with one attached hydrogen (secondary N) is 2. The van der Waals surface area contributed by atoms with E-state index < -0.39 is 18.1 Å². The van der Waals surface area contributed by atoms with Crippen LogP contribution in [0.25, 0.3) is 11.4 Å². The van der Waals surface area contributed by atoms with Crippen molar-refractivity contribution in [3.05, 3.63) is 34.6 Å². The van der Waals surface area contributed by atoms with Crippen LogP contribution in [0.3, 0.4) is 0 Å². The molecule has 1 aromatic carbocycles. The first-order chi connectivity index (χ1) is 13.2. The van der Waals surface area contributed by atoms with Gasteiger partial charge in [0.1, 0.15) is 0 Å². The fourth-order valence-electron chi connectivity index (χ4n) is 3.66. The van der Waals surface area contributed by atoms with E-state index in [1.807, 2.05) is 31.2 Å². The van der Waals surface area contributed by atoms with E-state index in [0.717, 1.165) is 11.1 Å². The maximum Gasteiger partial charge on any atom is 0.391 e. The summed E-state index contributed by atoms with van der Waals surface area (Å²) in [5.74, 6) is -0.968. The van der Waals surface area contributed by atoms with Gasteiger partial charge in [0.2, 0.25) is 5.91 Å². The number of aryl methyl sites for hydroxylation is 1. The minimum absolute atomic E-state index is 0.0467. The monoisotopic (exact) mass is 412 g/mol. The number of H-pyrrole nitrogens is 1. The molecule has 1 aliphatic rings. The van der Waals surface area contributed by atoms with Gasteiger partial charge in [-0.15, -0.1) is 0 Å². The Bertz CT molecular complexity index is 890. The Balaban J connectivity index is 1.61. The first kappa shape index (κ1) is 20.6. The van der Waals surface area contributed by atoms with Crippen molar-refractivity contribution < 1.29 is 18.0 Å². The van der Waals surface area contributed by atoms with Crippen molar-refractivity contribution >= 4 is 18.1 Å². The second kappa shape index (κ2) is 8.46. The van der Waals surface area contributed by atoms with Crippen molar-refractivity contribution in [3.63, 3.8) is 0 Å². The van der Waals surface area contributed by atoms with Crippen LogP contribution in [0.2, 0.25) is 0 Å². The topological polar surface area (TPSA) is 62.7 Å². The average Bonchev–Trinajstić information content (AvgIpc) is 3.00. The van der Waals surface area contributed by atoms with Crippen molar-refractivity contribution in [2.24, 2.45) is 5.92 Å². The molecule has 152 valence electrons. The molecule has 1 fully saturated rings. The molecule has 5 nitrogen and oxygen atoms in total. The van der Waals surface area contributed by atoms with Crippen LogP contribution in [0.15, 0.2) is 24.3 Å². The van der Waals surface area contributed by atoms with Crippen LogP contribution in [0.1, 0.15) is 37.7 Å². The second-order valence-electron chi connectivity index (χ2n) is 7.29. The van der Waals surface area contributed by atoms with Gasteiger partial charge in [-0.25, -0.2) is 0 Å². The number of aromatic nitrogens is 3. The number of hydrogen-bond donors (Lipinski definition) is 2. The molecule has 9 heteroatoms. The highest BCUT2D eigenvalue weighted by Gasteiger charge is 2.42. The number of benzene rings is 1. The zero-order valence-corrected chi connectivity index (χ0v) is 16.4.